The third-order valence-corrected chi connectivity index (χ3v) is 8.74. The normalized spacial score (nSPS) is 14.1. The molecule has 3 aromatic carbocycles. The predicted octanol–water partition coefficient (Wildman–Crippen LogP) is 4.29. The Labute approximate surface area is 230 Å². The van der Waals surface area contributed by atoms with Crippen LogP contribution < -0.4 is 5.32 Å². The van der Waals surface area contributed by atoms with Gasteiger partial charge in [0.05, 0.1) is 29.4 Å². The monoisotopic (exact) mass is 563 g/mol. The molecule has 1 aliphatic heterocycles. The van der Waals surface area contributed by atoms with Gasteiger partial charge in [-0.25, -0.2) is 18.2 Å². The summed E-state index contributed by atoms with van der Waals surface area (Å²) in [5.74, 6) is -1.27. The summed E-state index contributed by atoms with van der Waals surface area (Å²) in [6.07, 6.45) is 0. The molecule has 200 valence electrons. The first-order valence-corrected chi connectivity index (χ1v) is 14.5. The number of morpholine rings is 1. The summed E-state index contributed by atoms with van der Waals surface area (Å²) in [5, 5.41) is 4.86. The fourth-order valence-corrected chi connectivity index (χ4v) is 6.14. The van der Waals surface area contributed by atoms with Gasteiger partial charge in [0.1, 0.15) is 0 Å². The van der Waals surface area contributed by atoms with Crippen LogP contribution in [-0.2, 0) is 24.3 Å². The van der Waals surface area contributed by atoms with Crippen molar-refractivity contribution in [1.29, 1.82) is 0 Å². The average molecular weight is 564 g/mol. The molecular formula is C28H25N3O6S2. The largest absolute Gasteiger partial charge is 0.452 e. The lowest BCUT2D eigenvalue weighted by Gasteiger charge is -2.26. The second-order valence-corrected chi connectivity index (χ2v) is 11.4. The Morgan fingerprint density at radius 3 is 2.23 bits per heavy atom. The summed E-state index contributed by atoms with van der Waals surface area (Å²) in [7, 11) is -3.67. The molecule has 0 unspecified atom stereocenters. The molecule has 39 heavy (non-hydrogen) atoms. The molecule has 11 heteroatoms. The SMILES string of the molecule is O=C(COC(=O)c1ccc(S(=O)(=O)N2CCOCC2)cc1)Nc1nc(-c2ccc(-c3ccccc3)cc2)cs1. The first-order chi connectivity index (χ1) is 18.9. The minimum absolute atomic E-state index is 0.0768. The van der Waals surface area contributed by atoms with Crippen LogP contribution in [0.4, 0.5) is 5.13 Å². The van der Waals surface area contributed by atoms with Crippen LogP contribution in [0.25, 0.3) is 22.4 Å². The smallest absolute Gasteiger partial charge is 0.338 e. The maximum Gasteiger partial charge on any atom is 0.338 e. The summed E-state index contributed by atoms with van der Waals surface area (Å²) >= 11 is 1.27. The van der Waals surface area contributed by atoms with Crippen LogP contribution in [0.5, 0.6) is 0 Å². The molecule has 0 atom stereocenters. The third kappa shape index (κ3) is 6.40. The van der Waals surface area contributed by atoms with Crippen LogP contribution in [-0.4, -0.2) is 62.5 Å². The molecule has 9 nitrogen and oxygen atoms in total. The van der Waals surface area contributed by atoms with E-state index < -0.39 is 28.5 Å². The van der Waals surface area contributed by atoms with Crippen molar-refractivity contribution in [2.75, 3.05) is 38.2 Å². The van der Waals surface area contributed by atoms with Crippen LogP contribution in [0, 0.1) is 0 Å². The number of benzene rings is 3. The molecule has 0 radical (unpaired) electrons. The summed E-state index contributed by atoms with van der Waals surface area (Å²) in [6.45, 7) is 0.740. The molecule has 1 saturated heterocycles. The fourth-order valence-electron chi connectivity index (χ4n) is 4.00. The number of anilines is 1. The number of sulfonamides is 1. The van der Waals surface area contributed by atoms with Crippen molar-refractivity contribution < 1.29 is 27.5 Å². The molecule has 0 saturated carbocycles. The molecule has 0 aliphatic carbocycles. The summed E-state index contributed by atoms with van der Waals surface area (Å²) < 4.78 is 37.1. The van der Waals surface area contributed by atoms with E-state index in [0.29, 0.717) is 18.3 Å². The molecule has 1 amide bonds. The van der Waals surface area contributed by atoms with E-state index in [-0.39, 0.29) is 23.5 Å². The first kappa shape index (κ1) is 26.7. The van der Waals surface area contributed by atoms with E-state index in [1.807, 2.05) is 60.0 Å². The zero-order valence-corrected chi connectivity index (χ0v) is 22.4. The van der Waals surface area contributed by atoms with Crippen molar-refractivity contribution in [2.24, 2.45) is 0 Å². The number of amides is 1. The quantitative estimate of drug-likeness (QED) is 0.318. The predicted molar refractivity (Wildman–Crippen MR) is 148 cm³/mol. The van der Waals surface area contributed by atoms with Gasteiger partial charge in [-0.2, -0.15) is 4.31 Å². The van der Waals surface area contributed by atoms with E-state index in [1.54, 1.807) is 0 Å². The van der Waals surface area contributed by atoms with E-state index in [9.17, 15) is 18.0 Å². The lowest BCUT2D eigenvalue weighted by atomic mass is 10.0. The van der Waals surface area contributed by atoms with Gasteiger partial charge in [0.2, 0.25) is 10.0 Å². The van der Waals surface area contributed by atoms with Crippen LogP contribution in [0.1, 0.15) is 10.4 Å². The van der Waals surface area contributed by atoms with Gasteiger partial charge in [-0.3, -0.25) is 10.1 Å². The Balaban J connectivity index is 1.13. The highest BCUT2D eigenvalue weighted by atomic mass is 32.2. The van der Waals surface area contributed by atoms with Gasteiger partial charge in [0, 0.05) is 24.0 Å². The number of carbonyl (C=O) groups excluding carboxylic acids is 2. The number of hydrogen-bond donors (Lipinski definition) is 1. The van der Waals surface area contributed by atoms with Gasteiger partial charge in [-0.05, 0) is 35.4 Å². The lowest BCUT2D eigenvalue weighted by molar-refractivity contribution is -0.119. The topological polar surface area (TPSA) is 115 Å². The second-order valence-electron chi connectivity index (χ2n) is 8.65. The molecular weight excluding hydrogens is 538 g/mol. The van der Waals surface area contributed by atoms with Crippen molar-refractivity contribution in [3.63, 3.8) is 0 Å². The number of thiazole rings is 1. The molecule has 4 aromatic rings. The van der Waals surface area contributed by atoms with Gasteiger partial charge in [-0.1, -0.05) is 54.6 Å². The van der Waals surface area contributed by atoms with Crippen molar-refractivity contribution in [2.45, 2.75) is 4.90 Å². The Kier molecular flexibility index (Phi) is 8.13. The highest BCUT2D eigenvalue weighted by molar-refractivity contribution is 7.89. The Morgan fingerprint density at radius 2 is 1.54 bits per heavy atom. The van der Waals surface area contributed by atoms with E-state index in [4.69, 9.17) is 9.47 Å². The number of rotatable bonds is 8. The minimum atomic E-state index is -3.67. The number of ether oxygens (including phenoxy) is 2. The lowest BCUT2D eigenvalue weighted by Crippen LogP contribution is -2.40. The summed E-state index contributed by atoms with van der Waals surface area (Å²) in [4.78, 5) is 29.3. The molecule has 1 aromatic heterocycles. The Bertz CT molecular complexity index is 1550. The van der Waals surface area contributed by atoms with Crippen molar-refractivity contribution in [3.8, 4) is 22.4 Å². The summed E-state index contributed by atoms with van der Waals surface area (Å²) in [5.41, 5.74) is 3.99. The Morgan fingerprint density at radius 1 is 0.897 bits per heavy atom. The van der Waals surface area contributed by atoms with E-state index >= 15 is 0 Å². The number of aromatic nitrogens is 1. The van der Waals surface area contributed by atoms with Crippen molar-refractivity contribution >= 4 is 38.4 Å². The second kappa shape index (κ2) is 11.9. The van der Waals surface area contributed by atoms with Gasteiger partial charge < -0.3 is 9.47 Å². The summed E-state index contributed by atoms with van der Waals surface area (Å²) in [6, 6.07) is 23.5. The van der Waals surface area contributed by atoms with Gasteiger partial charge in [0.25, 0.3) is 5.91 Å². The van der Waals surface area contributed by atoms with E-state index in [1.165, 1.54) is 39.9 Å². The third-order valence-electron chi connectivity index (χ3n) is 6.07. The van der Waals surface area contributed by atoms with Gasteiger partial charge in [0.15, 0.2) is 11.7 Å². The highest BCUT2D eigenvalue weighted by Gasteiger charge is 2.26. The average Bonchev–Trinajstić information content (AvgIpc) is 3.45. The van der Waals surface area contributed by atoms with E-state index in [2.05, 4.69) is 10.3 Å². The van der Waals surface area contributed by atoms with Gasteiger partial charge in [-0.15, -0.1) is 11.3 Å². The first-order valence-electron chi connectivity index (χ1n) is 12.2. The standard InChI is InChI=1S/C28H25N3O6S2/c32-26(18-37-27(33)23-10-12-24(13-11-23)39(34,35)31-14-16-36-17-15-31)30-28-29-25(19-38-28)22-8-6-21(7-9-22)20-4-2-1-3-5-20/h1-13,19H,14-18H2,(H,29,30,32). The van der Waals surface area contributed by atoms with Gasteiger partial charge >= 0.3 is 5.97 Å². The van der Waals surface area contributed by atoms with Crippen molar-refractivity contribution in [3.05, 3.63) is 89.8 Å². The maximum atomic E-state index is 12.7. The zero-order valence-electron chi connectivity index (χ0n) is 20.8. The van der Waals surface area contributed by atoms with Crippen LogP contribution in [0.15, 0.2) is 89.1 Å². The molecule has 1 aliphatic rings. The highest BCUT2D eigenvalue weighted by Crippen LogP contribution is 2.27. The zero-order chi connectivity index (χ0) is 27.2. The molecule has 1 N–H and O–H groups in total. The molecule has 0 spiro atoms. The van der Waals surface area contributed by atoms with E-state index in [0.717, 1.165) is 22.4 Å². The van der Waals surface area contributed by atoms with Crippen molar-refractivity contribution in [1.82, 2.24) is 9.29 Å². The van der Waals surface area contributed by atoms with Crippen LogP contribution >= 0.6 is 11.3 Å². The molecule has 2 heterocycles. The Hall–Kier alpha value is -3.90. The molecule has 5 rings (SSSR count). The molecule has 0 bridgehead atoms. The maximum absolute atomic E-state index is 12.7. The van der Waals surface area contributed by atoms with Crippen LogP contribution in [0.3, 0.4) is 0 Å². The number of nitrogens with one attached hydrogen (secondary N) is 1. The number of nitrogens with zero attached hydrogens (tertiary/aromatic N) is 2. The fraction of sp³-hybridized carbons (Fsp3) is 0.179. The number of esters is 1. The molecule has 1 fully saturated rings. The number of hydrogen-bond acceptors (Lipinski definition) is 8. The van der Waals surface area contributed by atoms with Crippen LogP contribution in [0.2, 0.25) is 0 Å². The number of carbonyl (C=O) groups is 2. The minimum Gasteiger partial charge on any atom is -0.452 e.